The van der Waals surface area contributed by atoms with Crippen LogP contribution in [0.25, 0.3) is 5.69 Å². The summed E-state index contributed by atoms with van der Waals surface area (Å²) >= 11 is 0. The Hall–Kier alpha value is -1.85. The smallest absolute Gasteiger partial charge is 0.253 e. The first-order valence-electron chi connectivity index (χ1n) is 8.36. The van der Waals surface area contributed by atoms with Gasteiger partial charge < -0.3 is 10.2 Å². The van der Waals surface area contributed by atoms with Crippen LogP contribution in [0, 0.1) is 5.41 Å². The number of amides is 1. The zero-order valence-corrected chi connectivity index (χ0v) is 14.5. The van der Waals surface area contributed by atoms with Crippen LogP contribution in [0.2, 0.25) is 0 Å². The van der Waals surface area contributed by atoms with E-state index in [1.54, 1.807) is 10.9 Å². The number of piperidine rings is 1. The third-order valence-corrected chi connectivity index (χ3v) is 5.31. The van der Waals surface area contributed by atoms with Gasteiger partial charge in [-0.25, -0.2) is 4.68 Å². The first-order chi connectivity index (χ1) is 11.3. The highest BCUT2D eigenvalue weighted by Gasteiger charge is 2.38. The molecule has 2 aliphatic rings. The van der Waals surface area contributed by atoms with Crippen LogP contribution in [0.1, 0.15) is 29.6 Å². The molecule has 24 heavy (non-hydrogen) atoms. The molecule has 0 aliphatic carbocycles. The average molecular weight is 347 g/mol. The summed E-state index contributed by atoms with van der Waals surface area (Å²) in [5.41, 5.74) is 2.11. The molecule has 6 heteroatoms. The molecule has 1 aromatic carbocycles. The molecule has 2 fully saturated rings. The minimum atomic E-state index is 0. The molecular formula is C18H23ClN4O. The highest BCUT2D eigenvalue weighted by molar-refractivity contribution is 5.94. The second-order valence-electron chi connectivity index (χ2n) is 6.72. The number of nitrogens with one attached hydrogen (secondary N) is 1. The van der Waals surface area contributed by atoms with Crippen molar-refractivity contribution >= 4 is 18.3 Å². The lowest BCUT2D eigenvalue weighted by Gasteiger charge is -2.38. The summed E-state index contributed by atoms with van der Waals surface area (Å²) in [5.74, 6) is 0.139. The Balaban J connectivity index is 0.00000169. The monoisotopic (exact) mass is 346 g/mol. The minimum Gasteiger partial charge on any atom is -0.339 e. The Morgan fingerprint density at radius 1 is 1.17 bits per heavy atom. The van der Waals surface area contributed by atoms with Gasteiger partial charge >= 0.3 is 0 Å². The zero-order chi connectivity index (χ0) is 15.7. The summed E-state index contributed by atoms with van der Waals surface area (Å²) in [6, 6.07) is 9.61. The number of nitrogens with zero attached hydrogens (tertiary/aromatic N) is 3. The fraction of sp³-hybridized carbons (Fsp3) is 0.444. The lowest BCUT2D eigenvalue weighted by molar-refractivity contribution is 0.0607. The van der Waals surface area contributed by atoms with Gasteiger partial charge in [0.2, 0.25) is 0 Å². The van der Waals surface area contributed by atoms with Crippen LogP contribution in [0.3, 0.4) is 0 Å². The number of halogens is 1. The standard InChI is InChI=1S/C18H22N4O.ClH/c23-17(21-11-6-18(7-12-21)5-9-19-14-18)15-3-1-4-16(13-15)22-10-2-8-20-22;/h1-4,8,10,13,19H,5-7,9,11-12,14H2;1H. The number of aromatic nitrogens is 2. The predicted octanol–water partition coefficient (Wildman–Crippen LogP) is 2.51. The average Bonchev–Trinajstić information content (AvgIpc) is 3.28. The Labute approximate surface area is 148 Å². The summed E-state index contributed by atoms with van der Waals surface area (Å²) in [4.78, 5) is 14.8. The molecule has 1 amide bonds. The van der Waals surface area contributed by atoms with Gasteiger partial charge in [-0.05, 0) is 55.5 Å². The van der Waals surface area contributed by atoms with Gasteiger partial charge in [-0.15, -0.1) is 12.4 Å². The molecule has 2 saturated heterocycles. The molecule has 5 nitrogen and oxygen atoms in total. The summed E-state index contributed by atoms with van der Waals surface area (Å²) in [6.07, 6.45) is 7.12. The van der Waals surface area contributed by atoms with Crippen LogP contribution in [-0.2, 0) is 0 Å². The van der Waals surface area contributed by atoms with E-state index in [1.807, 2.05) is 41.4 Å². The summed E-state index contributed by atoms with van der Waals surface area (Å²) < 4.78 is 1.78. The highest BCUT2D eigenvalue weighted by atomic mass is 35.5. The fourth-order valence-electron chi connectivity index (χ4n) is 3.79. The van der Waals surface area contributed by atoms with Gasteiger partial charge in [-0.2, -0.15) is 5.10 Å². The van der Waals surface area contributed by atoms with E-state index in [0.717, 1.165) is 50.3 Å². The lowest BCUT2D eigenvalue weighted by Crippen LogP contribution is -2.44. The molecule has 1 aromatic heterocycles. The topological polar surface area (TPSA) is 50.2 Å². The van der Waals surface area contributed by atoms with Gasteiger partial charge in [0.1, 0.15) is 0 Å². The Bertz CT molecular complexity index is 685. The fourth-order valence-corrected chi connectivity index (χ4v) is 3.79. The van der Waals surface area contributed by atoms with E-state index in [1.165, 1.54) is 6.42 Å². The molecular weight excluding hydrogens is 324 g/mol. The Morgan fingerprint density at radius 3 is 2.67 bits per heavy atom. The van der Waals surface area contributed by atoms with Crippen LogP contribution in [0.5, 0.6) is 0 Å². The van der Waals surface area contributed by atoms with Gasteiger partial charge in [0.05, 0.1) is 5.69 Å². The number of rotatable bonds is 2. The van der Waals surface area contributed by atoms with E-state index in [0.29, 0.717) is 5.41 Å². The maximum atomic E-state index is 12.8. The summed E-state index contributed by atoms with van der Waals surface area (Å²) in [6.45, 7) is 3.97. The van der Waals surface area contributed by atoms with Crippen molar-refractivity contribution < 1.29 is 4.79 Å². The number of benzene rings is 1. The first-order valence-corrected chi connectivity index (χ1v) is 8.36. The van der Waals surface area contributed by atoms with E-state index < -0.39 is 0 Å². The predicted molar refractivity (Wildman–Crippen MR) is 95.9 cm³/mol. The summed E-state index contributed by atoms with van der Waals surface area (Å²) in [5, 5.41) is 7.70. The molecule has 0 saturated carbocycles. The van der Waals surface area contributed by atoms with E-state index >= 15 is 0 Å². The van der Waals surface area contributed by atoms with Gasteiger partial charge in [0.15, 0.2) is 0 Å². The number of hydrogen-bond acceptors (Lipinski definition) is 3. The van der Waals surface area contributed by atoms with Gasteiger partial charge in [-0.3, -0.25) is 4.79 Å². The second kappa shape index (κ2) is 6.95. The SMILES string of the molecule is Cl.O=C(c1cccc(-n2cccn2)c1)N1CCC2(CCNC2)CC1. The Morgan fingerprint density at radius 2 is 2.00 bits per heavy atom. The molecule has 0 radical (unpaired) electrons. The number of likely N-dealkylation sites (tertiary alicyclic amines) is 1. The van der Waals surface area contributed by atoms with E-state index in [9.17, 15) is 4.79 Å². The van der Waals surface area contributed by atoms with Crippen LogP contribution in [0.15, 0.2) is 42.7 Å². The molecule has 4 rings (SSSR count). The lowest BCUT2D eigenvalue weighted by atomic mass is 9.78. The zero-order valence-electron chi connectivity index (χ0n) is 13.6. The maximum Gasteiger partial charge on any atom is 0.253 e. The summed E-state index contributed by atoms with van der Waals surface area (Å²) in [7, 11) is 0. The molecule has 128 valence electrons. The molecule has 3 heterocycles. The number of carbonyl (C=O) groups excluding carboxylic acids is 1. The van der Waals surface area contributed by atoms with Crippen LogP contribution < -0.4 is 5.32 Å². The molecule has 0 bridgehead atoms. The van der Waals surface area contributed by atoms with Crippen LogP contribution in [-0.4, -0.2) is 46.8 Å². The molecule has 1 N–H and O–H groups in total. The van der Waals surface area contributed by atoms with E-state index in [-0.39, 0.29) is 18.3 Å². The van der Waals surface area contributed by atoms with E-state index in [4.69, 9.17) is 0 Å². The van der Waals surface area contributed by atoms with Crippen molar-refractivity contribution in [2.45, 2.75) is 19.3 Å². The molecule has 2 aliphatic heterocycles. The van der Waals surface area contributed by atoms with Crippen LogP contribution >= 0.6 is 12.4 Å². The molecule has 1 spiro atoms. The molecule has 2 aromatic rings. The first kappa shape index (κ1) is 17.0. The van der Waals surface area contributed by atoms with Crippen molar-refractivity contribution in [3.05, 3.63) is 48.3 Å². The normalized spacial score (nSPS) is 19.2. The van der Waals surface area contributed by atoms with Gasteiger partial charge in [0, 0.05) is 37.6 Å². The van der Waals surface area contributed by atoms with Crippen molar-refractivity contribution in [2.24, 2.45) is 5.41 Å². The Kier molecular flexibility index (Phi) is 4.92. The van der Waals surface area contributed by atoms with Crippen molar-refractivity contribution in [3.8, 4) is 5.69 Å². The quantitative estimate of drug-likeness (QED) is 0.909. The maximum absolute atomic E-state index is 12.8. The van der Waals surface area contributed by atoms with Gasteiger partial charge in [-0.1, -0.05) is 6.07 Å². The van der Waals surface area contributed by atoms with Crippen molar-refractivity contribution in [2.75, 3.05) is 26.2 Å². The minimum absolute atomic E-state index is 0. The van der Waals surface area contributed by atoms with E-state index in [2.05, 4.69) is 10.4 Å². The second-order valence-corrected chi connectivity index (χ2v) is 6.72. The molecule has 0 atom stereocenters. The van der Waals surface area contributed by atoms with Crippen molar-refractivity contribution in [1.29, 1.82) is 0 Å². The number of carbonyl (C=O) groups is 1. The largest absolute Gasteiger partial charge is 0.339 e. The molecule has 0 unspecified atom stereocenters. The van der Waals surface area contributed by atoms with Crippen molar-refractivity contribution in [3.63, 3.8) is 0 Å². The van der Waals surface area contributed by atoms with Gasteiger partial charge in [0.25, 0.3) is 5.91 Å². The van der Waals surface area contributed by atoms with Crippen molar-refractivity contribution in [1.82, 2.24) is 20.0 Å². The third kappa shape index (κ3) is 3.19. The third-order valence-electron chi connectivity index (χ3n) is 5.31. The highest BCUT2D eigenvalue weighted by Crippen LogP contribution is 2.37. The number of hydrogen-bond donors (Lipinski definition) is 1. The van der Waals surface area contributed by atoms with Crippen LogP contribution in [0.4, 0.5) is 0 Å².